The van der Waals surface area contributed by atoms with E-state index in [0.717, 1.165) is 0 Å². The Morgan fingerprint density at radius 2 is 2.04 bits per heavy atom. The molecule has 136 valence electrons. The summed E-state index contributed by atoms with van der Waals surface area (Å²) in [5.74, 6) is -2.86. The van der Waals surface area contributed by atoms with Crippen LogP contribution in [0.5, 0.6) is 0 Å². The molecule has 1 aliphatic heterocycles. The molecule has 4 aliphatic carbocycles. The minimum atomic E-state index is -1.19. The van der Waals surface area contributed by atoms with E-state index < -0.39 is 51.9 Å². The highest BCUT2D eigenvalue weighted by atomic mass is 16.6. The Hall–Kier alpha value is -1.40. The predicted octanol–water partition coefficient (Wildman–Crippen LogP) is 1.25. The lowest BCUT2D eigenvalue weighted by atomic mass is 9.59. The third-order valence-electron chi connectivity index (χ3n) is 8.57. The molecule has 0 aromatic rings. The van der Waals surface area contributed by atoms with E-state index in [9.17, 15) is 24.9 Å². The van der Waals surface area contributed by atoms with Crippen molar-refractivity contribution in [2.24, 2.45) is 28.6 Å². The maximum Gasteiger partial charge on any atom is 0.315 e. The van der Waals surface area contributed by atoms with E-state index in [1.165, 1.54) is 0 Å². The Morgan fingerprint density at radius 3 is 2.72 bits per heavy atom. The van der Waals surface area contributed by atoms with Gasteiger partial charge in [-0.25, -0.2) is 0 Å². The Bertz CT molecular complexity index is 731. The van der Waals surface area contributed by atoms with Crippen molar-refractivity contribution in [1.82, 2.24) is 0 Å². The summed E-state index contributed by atoms with van der Waals surface area (Å²) in [5.41, 5.74) is -2.93. The van der Waals surface area contributed by atoms with Crippen LogP contribution in [0.25, 0.3) is 0 Å². The average Bonchev–Trinajstić information content (AvgIpc) is 2.95. The second kappa shape index (κ2) is 4.12. The Balaban J connectivity index is 1.76. The van der Waals surface area contributed by atoms with Crippen LogP contribution in [0.2, 0.25) is 0 Å². The first-order valence-corrected chi connectivity index (χ1v) is 9.17. The van der Waals surface area contributed by atoms with Crippen LogP contribution in [-0.4, -0.2) is 44.6 Å². The maximum absolute atomic E-state index is 12.7. The van der Waals surface area contributed by atoms with Crippen LogP contribution in [0.15, 0.2) is 12.2 Å². The molecule has 1 heterocycles. The van der Waals surface area contributed by atoms with Crippen LogP contribution in [0.4, 0.5) is 0 Å². The fraction of sp³-hybridized carbons (Fsp3) is 0.789. The van der Waals surface area contributed by atoms with Gasteiger partial charge in [0, 0.05) is 11.8 Å². The first-order valence-electron chi connectivity index (χ1n) is 9.17. The molecular formula is C19H24O6. The second-order valence-corrected chi connectivity index (χ2v) is 9.29. The van der Waals surface area contributed by atoms with Crippen molar-refractivity contribution >= 4 is 11.9 Å². The molecule has 6 heteroatoms. The number of hydrogen-bond acceptors (Lipinski definition) is 5. The van der Waals surface area contributed by atoms with Gasteiger partial charge in [-0.2, -0.15) is 0 Å². The number of aliphatic hydroxyl groups excluding tert-OH is 1. The Labute approximate surface area is 145 Å². The van der Waals surface area contributed by atoms with E-state index >= 15 is 0 Å². The molecule has 0 amide bonds. The zero-order chi connectivity index (χ0) is 18.0. The smallest absolute Gasteiger partial charge is 0.315 e. The zero-order valence-electron chi connectivity index (χ0n) is 14.3. The molecule has 8 atom stereocenters. The molecule has 5 rings (SSSR count). The number of carbonyl (C=O) groups is 2. The van der Waals surface area contributed by atoms with Gasteiger partial charge in [0.2, 0.25) is 0 Å². The highest BCUT2D eigenvalue weighted by Crippen LogP contribution is 2.78. The predicted molar refractivity (Wildman–Crippen MR) is 85.3 cm³/mol. The number of esters is 1. The number of aliphatic hydroxyl groups is 2. The van der Waals surface area contributed by atoms with E-state index in [1.807, 2.05) is 0 Å². The van der Waals surface area contributed by atoms with Gasteiger partial charge in [-0.05, 0) is 56.4 Å². The topological polar surface area (TPSA) is 104 Å². The number of hydrogen-bond donors (Lipinski definition) is 3. The molecule has 3 N–H and O–H groups in total. The molecule has 0 aromatic heterocycles. The molecule has 0 aromatic carbocycles. The molecule has 25 heavy (non-hydrogen) atoms. The largest absolute Gasteiger partial charge is 0.481 e. The van der Waals surface area contributed by atoms with Crippen LogP contribution < -0.4 is 0 Å². The zero-order valence-corrected chi connectivity index (χ0v) is 14.3. The summed E-state index contributed by atoms with van der Waals surface area (Å²) in [7, 11) is 0. The number of fused-ring (bicyclic) bond motifs is 1. The average molecular weight is 348 g/mol. The minimum absolute atomic E-state index is 0.0936. The van der Waals surface area contributed by atoms with Gasteiger partial charge in [0.1, 0.15) is 5.60 Å². The van der Waals surface area contributed by atoms with Gasteiger partial charge in [0.05, 0.1) is 23.0 Å². The number of carboxylic acids is 1. The molecule has 0 radical (unpaired) electrons. The van der Waals surface area contributed by atoms with E-state index in [4.69, 9.17) is 4.74 Å². The highest BCUT2D eigenvalue weighted by molar-refractivity contribution is 5.85. The van der Waals surface area contributed by atoms with Gasteiger partial charge in [-0.3, -0.25) is 9.59 Å². The summed E-state index contributed by atoms with van der Waals surface area (Å²) < 4.78 is 5.96. The van der Waals surface area contributed by atoms with Gasteiger partial charge >= 0.3 is 11.9 Å². The lowest BCUT2D eigenvalue weighted by Gasteiger charge is -2.45. The van der Waals surface area contributed by atoms with Crippen molar-refractivity contribution < 1.29 is 29.6 Å². The normalized spacial score (nSPS) is 58.7. The molecule has 6 nitrogen and oxygen atoms in total. The van der Waals surface area contributed by atoms with Crippen molar-refractivity contribution in [1.29, 1.82) is 0 Å². The standard InChI is InChI=1S/C19H24O6/c1-9-7-17-8-18(9,24)5-3-10(17)19-6-4-11(20)16(2,15(23)25-19)13(19)12(17)14(21)22/h10-13,20,24H,1,3-8H2,2H3,(H,21,22)/t10-,11+,12-,13-,16?,17+,18+,19-/m1/s1. The van der Waals surface area contributed by atoms with Gasteiger partial charge in [-0.1, -0.05) is 6.58 Å². The van der Waals surface area contributed by atoms with E-state index in [2.05, 4.69) is 6.58 Å². The highest BCUT2D eigenvalue weighted by Gasteiger charge is 2.84. The van der Waals surface area contributed by atoms with Gasteiger partial charge in [0.25, 0.3) is 0 Å². The summed E-state index contributed by atoms with van der Waals surface area (Å²) in [4.78, 5) is 25.1. The Morgan fingerprint density at radius 1 is 1.32 bits per heavy atom. The number of aliphatic carboxylic acids is 1. The minimum Gasteiger partial charge on any atom is -0.481 e. The molecule has 5 fully saturated rings. The number of rotatable bonds is 1. The number of carbonyl (C=O) groups excluding carboxylic acids is 1. The monoisotopic (exact) mass is 348 g/mol. The van der Waals surface area contributed by atoms with Crippen molar-refractivity contribution in [3.63, 3.8) is 0 Å². The molecular weight excluding hydrogens is 324 g/mol. The third kappa shape index (κ3) is 1.41. The van der Waals surface area contributed by atoms with E-state index in [0.29, 0.717) is 44.1 Å². The van der Waals surface area contributed by atoms with Crippen molar-refractivity contribution in [2.75, 3.05) is 0 Å². The molecule has 5 aliphatic rings. The number of carboxylic acid groups (broad SMARTS) is 1. The third-order valence-corrected chi connectivity index (χ3v) is 8.57. The van der Waals surface area contributed by atoms with E-state index in [1.54, 1.807) is 6.92 Å². The van der Waals surface area contributed by atoms with Crippen LogP contribution in [0.1, 0.15) is 45.4 Å². The van der Waals surface area contributed by atoms with Gasteiger partial charge in [-0.15, -0.1) is 0 Å². The summed E-state index contributed by atoms with van der Waals surface area (Å²) >= 11 is 0. The molecule has 1 saturated heterocycles. The summed E-state index contributed by atoms with van der Waals surface area (Å²) in [6.07, 6.45) is 2.08. The van der Waals surface area contributed by atoms with Crippen molar-refractivity contribution in [2.45, 2.75) is 62.8 Å². The first kappa shape index (κ1) is 15.8. The van der Waals surface area contributed by atoms with Crippen molar-refractivity contribution in [3.05, 3.63) is 12.2 Å². The molecule has 1 unspecified atom stereocenters. The van der Waals surface area contributed by atoms with Crippen LogP contribution in [-0.2, 0) is 14.3 Å². The first-order chi connectivity index (χ1) is 11.6. The lowest BCUT2D eigenvalue weighted by molar-refractivity contribution is -0.164. The quantitative estimate of drug-likeness (QED) is 0.487. The summed E-state index contributed by atoms with van der Waals surface area (Å²) in [6.45, 7) is 5.71. The number of ether oxygens (including phenoxy) is 1. The van der Waals surface area contributed by atoms with Crippen LogP contribution >= 0.6 is 0 Å². The van der Waals surface area contributed by atoms with Crippen molar-refractivity contribution in [3.8, 4) is 0 Å². The van der Waals surface area contributed by atoms with Gasteiger partial charge < -0.3 is 20.1 Å². The lowest BCUT2D eigenvalue weighted by Crippen LogP contribution is -2.53. The molecule has 1 spiro atoms. The van der Waals surface area contributed by atoms with Crippen LogP contribution in [0, 0.1) is 28.6 Å². The van der Waals surface area contributed by atoms with Gasteiger partial charge in [0.15, 0.2) is 0 Å². The Kier molecular flexibility index (Phi) is 2.61. The SMILES string of the molecule is C=C1C[C@]23C[C@@]1(O)CC[C@H]2[C@@]12CC[C@H](O)C(C)(C(=O)O1)[C@H]2[C@@H]3C(=O)O. The fourth-order valence-corrected chi connectivity index (χ4v) is 7.65. The summed E-state index contributed by atoms with van der Waals surface area (Å²) in [6, 6.07) is 0. The molecule has 4 bridgehead atoms. The fourth-order valence-electron chi connectivity index (χ4n) is 7.65. The second-order valence-electron chi connectivity index (χ2n) is 9.29. The van der Waals surface area contributed by atoms with Crippen LogP contribution in [0.3, 0.4) is 0 Å². The maximum atomic E-state index is 12.7. The summed E-state index contributed by atoms with van der Waals surface area (Å²) in [5, 5.41) is 31.7. The molecule has 4 saturated carbocycles. The van der Waals surface area contributed by atoms with E-state index in [-0.39, 0.29) is 5.92 Å².